The zero-order valence-electron chi connectivity index (χ0n) is 15.9. The van der Waals surface area contributed by atoms with Crippen LogP contribution in [0.5, 0.6) is 11.5 Å². The van der Waals surface area contributed by atoms with Crippen LogP contribution in [0.4, 0.5) is 5.69 Å². The average molecular weight is 425 g/mol. The van der Waals surface area contributed by atoms with Crippen LogP contribution in [0.25, 0.3) is 11.1 Å². The second-order valence-corrected chi connectivity index (χ2v) is 8.79. The van der Waals surface area contributed by atoms with Gasteiger partial charge in [0.25, 0.3) is 0 Å². The molecular weight excluding hydrogens is 406 g/mol. The number of carbonyl (C=O) groups is 1. The Morgan fingerprint density at radius 1 is 0.933 bits per heavy atom. The SMILES string of the molecule is O=C(O)CS(=O)(=O)c1ccc(NCc2cccc(-c3ccc4c(c3)OCO4)c2)cc1. The number of nitrogens with one attached hydrogen (secondary N) is 1. The van der Waals surface area contributed by atoms with Crippen LogP contribution in [0, 0.1) is 0 Å². The number of benzene rings is 3. The molecule has 0 spiro atoms. The van der Waals surface area contributed by atoms with Crippen molar-refractivity contribution >= 4 is 21.5 Å². The number of ether oxygens (including phenoxy) is 2. The van der Waals surface area contributed by atoms with Crippen molar-refractivity contribution in [3.8, 4) is 22.6 Å². The molecular formula is C22H19NO6S. The summed E-state index contributed by atoms with van der Waals surface area (Å²) in [6.45, 7) is 0.777. The summed E-state index contributed by atoms with van der Waals surface area (Å²) in [6.07, 6.45) is 0. The third-order valence-electron chi connectivity index (χ3n) is 4.66. The Morgan fingerprint density at radius 2 is 1.67 bits per heavy atom. The minimum absolute atomic E-state index is 0.0137. The maximum Gasteiger partial charge on any atom is 0.319 e. The fourth-order valence-electron chi connectivity index (χ4n) is 3.17. The van der Waals surface area contributed by atoms with Crippen molar-refractivity contribution in [3.05, 3.63) is 72.3 Å². The summed E-state index contributed by atoms with van der Waals surface area (Å²) in [7, 11) is -3.83. The lowest BCUT2D eigenvalue weighted by atomic mass is 10.0. The van der Waals surface area contributed by atoms with Gasteiger partial charge < -0.3 is 19.9 Å². The van der Waals surface area contributed by atoms with Gasteiger partial charge in [0, 0.05) is 12.2 Å². The summed E-state index contributed by atoms with van der Waals surface area (Å²) in [5, 5.41) is 12.0. The number of carboxylic acid groups (broad SMARTS) is 1. The van der Waals surface area contributed by atoms with Crippen LogP contribution in [0.3, 0.4) is 0 Å². The number of fused-ring (bicyclic) bond motifs is 1. The second-order valence-electron chi connectivity index (χ2n) is 6.80. The number of hydrogen-bond donors (Lipinski definition) is 2. The van der Waals surface area contributed by atoms with Gasteiger partial charge in [0.2, 0.25) is 6.79 Å². The highest BCUT2D eigenvalue weighted by Crippen LogP contribution is 2.36. The Hall–Kier alpha value is -3.52. The minimum Gasteiger partial charge on any atom is -0.480 e. The Bertz CT molecular complexity index is 1190. The first-order chi connectivity index (χ1) is 14.4. The van der Waals surface area contributed by atoms with Crippen molar-refractivity contribution in [1.82, 2.24) is 0 Å². The van der Waals surface area contributed by atoms with Gasteiger partial charge in [0.05, 0.1) is 4.90 Å². The van der Waals surface area contributed by atoms with Gasteiger partial charge in [0.15, 0.2) is 27.1 Å². The summed E-state index contributed by atoms with van der Waals surface area (Å²) >= 11 is 0. The van der Waals surface area contributed by atoms with Crippen LogP contribution in [-0.4, -0.2) is 32.0 Å². The second kappa shape index (κ2) is 8.08. The van der Waals surface area contributed by atoms with Crippen LogP contribution in [0.1, 0.15) is 5.56 Å². The number of rotatable bonds is 7. The summed E-state index contributed by atoms with van der Waals surface area (Å²) < 4.78 is 34.7. The van der Waals surface area contributed by atoms with E-state index in [1.165, 1.54) is 12.1 Å². The summed E-state index contributed by atoms with van der Waals surface area (Å²) in [5.41, 5.74) is 3.85. The van der Waals surface area contributed by atoms with Gasteiger partial charge in [-0.2, -0.15) is 0 Å². The van der Waals surface area contributed by atoms with Crippen LogP contribution >= 0.6 is 0 Å². The van der Waals surface area contributed by atoms with E-state index in [9.17, 15) is 13.2 Å². The molecule has 0 atom stereocenters. The molecule has 7 nitrogen and oxygen atoms in total. The van der Waals surface area contributed by atoms with Crippen LogP contribution < -0.4 is 14.8 Å². The first-order valence-electron chi connectivity index (χ1n) is 9.18. The molecule has 1 heterocycles. The highest BCUT2D eigenvalue weighted by molar-refractivity contribution is 7.92. The third kappa shape index (κ3) is 4.38. The molecule has 0 amide bonds. The van der Waals surface area contributed by atoms with Crippen LogP contribution in [-0.2, 0) is 21.2 Å². The lowest BCUT2D eigenvalue weighted by molar-refractivity contribution is -0.134. The van der Waals surface area contributed by atoms with E-state index < -0.39 is 21.6 Å². The quantitative estimate of drug-likeness (QED) is 0.597. The number of hydrogen-bond acceptors (Lipinski definition) is 6. The zero-order chi connectivity index (χ0) is 21.1. The zero-order valence-corrected chi connectivity index (χ0v) is 16.7. The molecule has 4 rings (SSSR count). The Balaban J connectivity index is 1.44. The Kier molecular flexibility index (Phi) is 5.33. The lowest BCUT2D eigenvalue weighted by Gasteiger charge is -2.10. The van der Waals surface area contributed by atoms with E-state index in [1.807, 2.05) is 36.4 Å². The number of aliphatic carboxylic acids is 1. The smallest absolute Gasteiger partial charge is 0.319 e. The molecule has 1 aliphatic rings. The maximum absolute atomic E-state index is 12.0. The van der Waals surface area contributed by atoms with Crippen LogP contribution in [0.2, 0.25) is 0 Å². The van der Waals surface area contributed by atoms with E-state index in [0.29, 0.717) is 6.54 Å². The van der Waals surface area contributed by atoms with E-state index in [2.05, 4.69) is 11.4 Å². The minimum atomic E-state index is -3.83. The Morgan fingerprint density at radius 3 is 2.43 bits per heavy atom. The van der Waals surface area contributed by atoms with Gasteiger partial charge in [-0.3, -0.25) is 4.79 Å². The van der Waals surface area contributed by atoms with E-state index >= 15 is 0 Å². The van der Waals surface area contributed by atoms with Gasteiger partial charge >= 0.3 is 5.97 Å². The molecule has 0 aromatic heterocycles. The van der Waals surface area contributed by atoms with Crippen LogP contribution in [0.15, 0.2) is 71.6 Å². The first kappa shape index (κ1) is 19.8. The van der Waals surface area contributed by atoms with E-state index in [1.54, 1.807) is 12.1 Å². The van der Waals surface area contributed by atoms with Gasteiger partial charge in [-0.1, -0.05) is 24.3 Å². The topological polar surface area (TPSA) is 102 Å². The third-order valence-corrected chi connectivity index (χ3v) is 6.27. The molecule has 0 saturated carbocycles. The number of carboxylic acids is 1. The molecule has 0 radical (unpaired) electrons. The van der Waals surface area contributed by atoms with E-state index in [0.717, 1.165) is 33.9 Å². The normalized spacial score (nSPS) is 12.5. The van der Waals surface area contributed by atoms with E-state index in [-0.39, 0.29) is 11.7 Å². The first-order valence-corrected chi connectivity index (χ1v) is 10.8. The highest BCUT2D eigenvalue weighted by atomic mass is 32.2. The highest BCUT2D eigenvalue weighted by Gasteiger charge is 2.18. The largest absolute Gasteiger partial charge is 0.480 e. The van der Waals surface area contributed by atoms with Crippen molar-refractivity contribution < 1.29 is 27.8 Å². The van der Waals surface area contributed by atoms with Crippen molar-refractivity contribution in [1.29, 1.82) is 0 Å². The predicted molar refractivity (Wildman–Crippen MR) is 111 cm³/mol. The molecule has 0 aliphatic carbocycles. The van der Waals surface area contributed by atoms with Crippen molar-refractivity contribution in [3.63, 3.8) is 0 Å². The fraction of sp³-hybridized carbons (Fsp3) is 0.136. The van der Waals surface area contributed by atoms with Crippen molar-refractivity contribution in [2.45, 2.75) is 11.4 Å². The number of sulfone groups is 1. The van der Waals surface area contributed by atoms with Crippen molar-refractivity contribution in [2.75, 3.05) is 17.9 Å². The molecule has 154 valence electrons. The molecule has 0 saturated heterocycles. The molecule has 0 unspecified atom stereocenters. The molecule has 0 fully saturated rings. The standard InChI is InChI=1S/C22H19NO6S/c24-22(25)13-30(26,27)19-7-5-18(6-8-19)23-12-15-2-1-3-16(10-15)17-4-9-20-21(11-17)29-14-28-20/h1-11,23H,12-14H2,(H,24,25). The number of anilines is 1. The van der Waals surface area contributed by atoms with Gasteiger partial charge in [-0.05, 0) is 59.2 Å². The lowest BCUT2D eigenvalue weighted by Crippen LogP contribution is -2.15. The summed E-state index contributed by atoms with van der Waals surface area (Å²) in [5.74, 6) is -0.828. The average Bonchev–Trinajstić information content (AvgIpc) is 3.20. The van der Waals surface area contributed by atoms with Gasteiger partial charge in [-0.15, -0.1) is 0 Å². The van der Waals surface area contributed by atoms with E-state index in [4.69, 9.17) is 14.6 Å². The summed E-state index contributed by atoms with van der Waals surface area (Å²) in [6, 6.07) is 19.9. The Labute approximate surface area is 173 Å². The molecule has 0 bridgehead atoms. The molecule has 3 aromatic rings. The van der Waals surface area contributed by atoms with Gasteiger partial charge in [-0.25, -0.2) is 8.42 Å². The molecule has 30 heavy (non-hydrogen) atoms. The molecule has 8 heteroatoms. The maximum atomic E-state index is 12.0. The predicted octanol–water partition coefficient (Wildman–Crippen LogP) is 3.55. The monoisotopic (exact) mass is 425 g/mol. The molecule has 1 aliphatic heterocycles. The molecule has 2 N–H and O–H groups in total. The van der Waals surface area contributed by atoms with Gasteiger partial charge in [0.1, 0.15) is 0 Å². The van der Waals surface area contributed by atoms with Crippen molar-refractivity contribution in [2.24, 2.45) is 0 Å². The molecule has 3 aromatic carbocycles. The summed E-state index contributed by atoms with van der Waals surface area (Å²) in [4.78, 5) is 10.7. The fourth-order valence-corrected chi connectivity index (χ4v) is 4.21.